The Balaban J connectivity index is 1.34. The Morgan fingerprint density at radius 3 is 2.39 bits per heavy atom. The zero-order valence-corrected chi connectivity index (χ0v) is 25.8. The van der Waals surface area contributed by atoms with E-state index in [1.807, 2.05) is 12.1 Å². The lowest BCUT2D eigenvalue weighted by molar-refractivity contribution is -0.127. The molecule has 4 fully saturated rings. The molecule has 6 rings (SSSR count). The van der Waals surface area contributed by atoms with Crippen molar-refractivity contribution in [3.63, 3.8) is 0 Å². The highest BCUT2D eigenvalue weighted by Crippen LogP contribution is 2.46. The van der Waals surface area contributed by atoms with Crippen molar-refractivity contribution < 1.29 is 17.6 Å². The highest BCUT2D eigenvalue weighted by atomic mass is 32.2. The second kappa shape index (κ2) is 11.0. The van der Waals surface area contributed by atoms with E-state index >= 15 is 0 Å². The summed E-state index contributed by atoms with van der Waals surface area (Å²) in [7, 11) is -2.51. The van der Waals surface area contributed by atoms with E-state index in [0.29, 0.717) is 24.0 Å². The van der Waals surface area contributed by atoms with E-state index in [0.717, 1.165) is 80.0 Å². The molecule has 0 bridgehead atoms. The zero-order chi connectivity index (χ0) is 28.8. The van der Waals surface area contributed by atoms with Crippen molar-refractivity contribution in [1.82, 2.24) is 10.3 Å². The topological polar surface area (TPSA) is 116 Å². The first kappa shape index (κ1) is 28.6. The third-order valence-corrected chi connectivity index (χ3v) is 13.2. The van der Waals surface area contributed by atoms with Gasteiger partial charge in [0.15, 0.2) is 9.84 Å². The Morgan fingerprint density at radius 1 is 1.10 bits per heavy atom. The number of carbonyl (C=O) groups is 1. The molecule has 2 aromatic rings. The SMILES string of the molecule is C[S+]1CCC(C)(c2nc(-c3ccc(N4CCS(=O)(=O)CC4)cc3)c([C@@H]3CCCC[C@H]3C(=O)NC3(C#N)CC3)o2)CC1. The lowest BCUT2D eigenvalue weighted by atomic mass is 9.76. The van der Waals surface area contributed by atoms with Crippen LogP contribution in [0.25, 0.3) is 11.3 Å². The number of hydrogen-bond acceptors (Lipinski definition) is 7. The van der Waals surface area contributed by atoms with Gasteiger partial charge in [0, 0.05) is 49.0 Å². The summed E-state index contributed by atoms with van der Waals surface area (Å²) in [5, 5.41) is 12.7. The maximum Gasteiger partial charge on any atom is 0.225 e. The molecule has 2 aliphatic heterocycles. The fraction of sp³-hybridized carbons (Fsp3) is 0.645. The van der Waals surface area contributed by atoms with Crippen LogP contribution in [0.15, 0.2) is 28.7 Å². The van der Waals surface area contributed by atoms with Crippen LogP contribution in [-0.2, 0) is 30.9 Å². The minimum atomic E-state index is -2.95. The Kier molecular flexibility index (Phi) is 7.65. The molecule has 8 nitrogen and oxygen atoms in total. The molecule has 41 heavy (non-hydrogen) atoms. The summed E-state index contributed by atoms with van der Waals surface area (Å²) < 4.78 is 30.6. The van der Waals surface area contributed by atoms with E-state index in [1.54, 1.807) is 0 Å². The summed E-state index contributed by atoms with van der Waals surface area (Å²) in [6.07, 6.45) is 9.51. The number of benzene rings is 1. The molecule has 0 unspecified atom stereocenters. The van der Waals surface area contributed by atoms with E-state index in [-0.39, 0.29) is 34.7 Å². The first-order valence-corrected chi connectivity index (χ1v) is 18.8. The average Bonchev–Trinajstić information content (AvgIpc) is 3.60. The predicted molar refractivity (Wildman–Crippen MR) is 163 cm³/mol. The van der Waals surface area contributed by atoms with Gasteiger partial charge in [0.05, 0.1) is 29.2 Å². The van der Waals surface area contributed by atoms with Crippen LogP contribution < -0.4 is 10.2 Å². The largest absolute Gasteiger partial charge is 0.444 e. The summed E-state index contributed by atoms with van der Waals surface area (Å²) in [5.74, 6) is 3.93. The summed E-state index contributed by atoms with van der Waals surface area (Å²) in [6, 6.07) is 10.5. The third kappa shape index (κ3) is 5.90. The van der Waals surface area contributed by atoms with Gasteiger partial charge in [0.1, 0.15) is 28.5 Å². The Morgan fingerprint density at radius 2 is 1.76 bits per heavy atom. The number of aromatic nitrogens is 1. The Hall–Kier alpha value is -2.51. The summed E-state index contributed by atoms with van der Waals surface area (Å²) in [5.41, 5.74) is 1.96. The third-order valence-electron chi connectivity index (χ3n) is 9.79. The number of nitrogens with one attached hydrogen (secondary N) is 1. The number of nitrogens with zero attached hydrogens (tertiary/aromatic N) is 3. The van der Waals surface area contributed by atoms with Crippen LogP contribution in [0.2, 0.25) is 0 Å². The second-order valence-corrected chi connectivity index (χ2v) is 17.5. The first-order valence-electron chi connectivity index (χ1n) is 15.0. The standard InChI is InChI=1S/C31H40N4O4S2/c1-30(13-17-40(2)18-14-30)29-33-26(22-7-9-23(10-8-22)35-15-19-41(37,38)20-16-35)27(39-29)24-5-3-4-6-25(24)28(36)34-31(21-32)11-12-31/h7-10,24-25H,3-6,11-20H2,1-2H3/p+1/t24-,25-,30?,40?/m1/s1. The number of oxazole rings is 1. The van der Waals surface area contributed by atoms with Crippen molar-refractivity contribution in [1.29, 1.82) is 5.26 Å². The minimum absolute atomic E-state index is 0.0352. The lowest BCUT2D eigenvalue weighted by Gasteiger charge is -2.31. The quantitative estimate of drug-likeness (QED) is 0.493. The molecule has 2 aliphatic carbocycles. The van der Waals surface area contributed by atoms with Crippen molar-refractivity contribution in [3.8, 4) is 17.3 Å². The molecule has 2 saturated heterocycles. The number of rotatable bonds is 6. The molecule has 220 valence electrons. The maximum absolute atomic E-state index is 13.5. The lowest BCUT2D eigenvalue weighted by Crippen LogP contribution is -2.42. The van der Waals surface area contributed by atoms with Crippen molar-refractivity contribution in [2.75, 3.05) is 47.3 Å². The van der Waals surface area contributed by atoms with Crippen LogP contribution in [0.1, 0.15) is 75.9 Å². The maximum atomic E-state index is 13.5. The van der Waals surface area contributed by atoms with Gasteiger partial charge in [-0.1, -0.05) is 31.9 Å². The summed E-state index contributed by atoms with van der Waals surface area (Å²) >= 11 is 0. The van der Waals surface area contributed by atoms with Gasteiger partial charge in [-0.25, -0.2) is 13.4 Å². The number of anilines is 1. The van der Waals surface area contributed by atoms with Crippen LogP contribution in [-0.4, -0.2) is 67.2 Å². The number of sulfone groups is 1. The molecule has 2 saturated carbocycles. The normalized spacial score (nSPS) is 30.8. The summed E-state index contributed by atoms with van der Waals surface area (Å²) in [6.45, 7) is 3.27. The molecule has 0 spiro atoms. The highest BCUT2D eigenvalue weighted by molar-refractivity contribution is 7.96. The molecule has 1 aromatic carbocycles. The van der Waals surface area contributed by atoms with Crippen molar-refractivity contribution in [3.05, 3.63) is 35.9 Å². The van der Waals surface area contributed by atoms with Crippen molar-refractivity contribution in [2.45, 2.75) is 75.2 Å². The van der Waals surface area contributed by atoms with Crippen LogP contribution in [0.4, 0.5) is 5.69 Å². The number of carbonyl (C=O) groups excluding carboxylic acids is 1. The van der Waals surface area contributed by atoms with E-state index in [1.165, 1.54) is 11.5 Å². The van der Waals surface area contributed by atoms with E-state index < -0.39 is 15.4 Å². The smallest absolute Gasteiger partial charge is 0.225 e. The molecule has 2 atom stereocenters. The van der Waals surface area contributed by atoms with Crippen molar-refractivity contribution >= 4 is 32.3 Å². The number of hydrogen-bond donors (Lipinski definition) is 1. The van der Waals surface area contributed by atoms with E-state index in [4.69, 9.17) is 9.40 Å². The molecular formula is C31H41N4O4S2+. The van der Waals surface area contributed by atoms with Gasteiger partial charge in [-0.2, -0.15) is 5.26 Å². The number of amides is 1. The van der Waals surface area contributed by atoms with Gasteiger partial charge in [-0.05, 0) is 48.7 Å². The van der Waals surface area contributed by atoms with E-state index in [9.17, 15) is 18.5 Å². The average molecular weight is 598 g/mol. The highest BCUT2D eigenvalue weighted by Gasteiger charge is 2.48. The van der Waals surface area contributed by atoms with Gasteiger partial charge in [0.25, 0.3) is 0 Å². The van der Waals surface area contributed by atoms with Gasteiger partial charge in [-0.15, -0.1) is 0 Å². The molecule has 1 N–H and O–H groups in total. The van der Waals surface area contributed by atoms with Crippen LogP contribution in [0, 0.1) is 17.2 Å². The molecule has 3 heterocycles. The van der Waals surface area contributed by atoms with Crippen molar-refractivity contribution in [2.24, 2.45) is 5.92 Å². The van der Waals surface area contributed by atoms with Crippen LogP contribution >= 0.6 is 0 Å². The minimum Gasteiger partial charge on any atom is -0.444 e. The monoisotopic (exact) mass is 597 g/mol. The second-order valence-electron chi connectivity index (χ2n) is 12.8. The molecule has 1 amide bonds. The molecule has 10 heteroatoms. The van der Waals surface area contributed by atoms with Crippen LogP contribution in [0.3, 0.4) is 0 Å². The number of nitriles is 1. The summed E-state index contributed by atoms with van der Waals surface area (Å²) in [4.78, 5) is 20.9. The van der Waals surface area contributed by atoms with Crippen LogP contribution in [0.5, 0.6) is 0 Å². The molecular weight excluding hydrogens is 556 g/mol. The first-order chi connectivity index (χ1) is 19.6. The Bertz CT molecular complexity index is 1420. The van der Waals surface area contributed by atoms with Gasteiger partial charge in [0.2, 0.25) is 11.8 Å². The van der Waals surface area contributed by atoms with Gasteiger partial charge in [-0.3, -0.25) is 4.79 Å². The van der Waals surface area contributed by atoms with Gasteiger partial charge >= 0.3 is 0 Å². The fourth-order valence-corrected chi connectivity index (χ4v) is 9.57. The Labute approximate surface area is 246 Å². The molecule has 1 aromatic heterocycles. The fourth-order valence-electron chi connectivity index (χ4n) is 6.57. The molecule has 4 aliphatic rings. The predicted octanol–water partition coefficient (Wildman–Crippen LogP) is 4.32. The molecule has 0 radical (unpaired) electrons. The van der Waals surface area contributed by atoms with E-state index in [2.05, 4.69) is 41.6 Å². The van der Waals surface area contributed by atoms with Gasteiger partial charge < -0.3 is 14.6 Å². The zero-order valence-electron chi connectivity index (χ0n) is 24.2.